The molecular weight excluding hydrogens is 196 g/mol. The first-order chi connectivity index (χ1) is 7.58. The molecule has 0 saturated heterocycles. The smallest absolute Gasteiger partial charge is 0.0723 e. The molecule has 0 aliphatic rings. The van der Waals surface area contributed by atoms with Crippen molar-refractivity contribution in [2.75, 3.05) is 5.73 Å². The number of hydrogen-bond acceptors (Lipinski definition) is 2. The highest BCUT2D eigenvalue weighted by atomic mass is 14.7. The van der Waals surface area contributed by atoms with Crippen LogP contribution in [0.2, 0.25) is 0 Å². The summed E-state index contributed by atoms with van der Waals surface area (Å²) in [4.78, 5) is 4.41. The van der Waals surface area contributed by atoms with Gasteiger partial charge in [-0.15, -0.1) is 0 Å². The van der Waals surface area contributed by atoms with Crippen LogP contribution in [0.4, 0.5) is 5.69 Å². The second kappa shape index (κ2) is 3.97. The van der Waals surface area contributed by atoms with Crippen molar-refractivity contribution in [1.82, 2.24) is 4.98 Å². The topological polar surface area (TPSA) is 38.9 Å². The summed E-state index contributed by atoms with van der Waals surface area (Å²) in [7, 11) is 0. The van der Waals surface area contributed by atoms with Crippen LogP contribution in [-0.2, 0) is 0 Å². The first-order valence-corrected chi connectivity index (χ1v) is 5.37. The molecule has 2 heteroatoms. The Morgan fingerprint density at radius 2 is 1.75 bits per heavy atom. The lowest BCUT2D eigenvalue weighted by molar-refractivity contribution is 1.26. The molecule has 0 saturated carbocycles. The van der Waals surface area contributed by atoms with Crippen molar-refractivity contribution in [1.29, 1.82) is 0 Å². The summed E-state index contributed by atoms with van der Waals surface area (Å²) in [5.74, 6) is 0. The number of anilines is 1. The SMILES string of the molecule is Cc1ccc(-c2cc(C)cc(C)c2N)nc1. The second-order valence-corrected chi connectivity index (χ2v) is 4.26. The van der Waals surface area contributed by atoms with E-state index in [0.717, 1.165) is 28.1 Å². The summed E-state index contributed by atoms with van der Waals surface area (Å²) in [6, 6.07) is 8.24. The summed E-state index contributed by atoms with van der Waals surface area (Å²) in [5, 5.41) is 0. The molecule has 2 nitrogen and oxygen atoms in total. The van der Waals surface area contributed by atoms with Gasteiger partial charge in [0, 0.05) is 17.4 Å². The lowest BCUT2D eigenvalue weighted by atomic mass is 10.0. The van der Waals surface area contributed by atoms with E-state index < -0.39 is 0 Å². The van der Waals surface area contributed by atoms with E-state index in [-0.39, 0.29) is 0 Å². The number of nitrogens with zero attached hydrogens (tertiary/aromatic N) is 1. The third-order valence-electron chi connectivity index (χ3n) is 2.72. The van der Waals surface area contributed by atoms with Crippen molar-refractivity contribution in [2.45, 2.75) is 20.8 Å². The number of nitrogens with two attached hydrogens (primary N) is 1. The van der Waals surface area contributed by atoms with E-state index in [4.69, 9.17) is 5.73 Å². The van der Waals surface area contributed by atoms with Gasteiger partial charge >= 0.3 is 0 Å². The van der Waals surface area contributed by atoms with Crippen LogP contribution in [0.1, 0.15) is 16.7 Å². The Balaban J connectivity index is 2.59. The highest BCUT2D eigenvalue weighted by Gasteiger charge is 2.06. The minimum atomic E-state index is 0.821. The normalized spacial score (nSPS) is 10.4. The van der Waals surface area contributed by atoms with Crippen LogP contribution in [-0.4, -0.2) is 4.98 Å². The van der Waals surface area contributed by atoms with Gasteiger partial charge in [0.1, 0.15) is 0 Å². The van der Waals surface area contributed by atoms with Crippen molar-refractivity contribution < 1.29 is 0 Å². The Morgan fingerprint density at radius 3 is 2.38 bits per heavy atom. The number of benzene rings is 1. The molecule has 0 fully saturated rings. The van der Waals surface area contributed by atoms with E-state index in [1.54, 1.807) is 0 Å². The summed E-state index contributed by atoms with van der Waals surface area (Å²) in [6.45, 7) is 6.13. The third kappa shape index (κ3) is 1.91. The van der Waals surface area contributed by atoms with Crippen LogP contribution in [0.15, 0.2) is 30.5 Å². The molecule has 0 aliphatic carbocycles. The van der Waals surface area contributed by atoms with Gasteiger partial charge in [-0.3, -0.25) is 4.98 Å². The van der Waals surface area contributed by atoms with Crippen LogP contribution in [0.5, 0.6) is 0 Å². The van der Waals surface area contributed by atoms with Crippen molar-refractivity contribution in [2.24, 2.45) is 0 Å². The van der Waals surface area contributed by atoms with E-state index in [1.807, 2.05) is 26.1 Å². The lowest BCUT2D eigenvalue weighted by Gasteiger charge is -2.09. The zero-order valence-electron chi connectivity index (χ0n) is 9.91. The standard InChI is InChI=1S/C14H16N2/c1-9-4-5-13(16-8-9)12-7-10(2)6-11(3)14(12)15/h4-8H,15H2,1-3H3. The van der Waals surface area contributed by atoms with Crippen LogP contribution < -0.4 is 5.73 Å². The molecule has 16 heavy (non-hydrogen) atoms. The van der Waals surface area contributed by atoms with E-state index in [9.17, 15) is 0 Å². The number of rotatable bonds is 1. The number of aromatic nitrogens is 1. The molecule has 2 N–H and O–H groups in total. The van der Waals surface area contributed by atoms with E-state index in [2.05, 4.69) is 30.1 Å². The van der Waals surface area contributed by atoms with Crippen LogP contribution in [0, 0.1) is 20.8 Å². The van der Waals surface area contributed by atoms with Crippen molar-refractivity contribution in [3.8, 4) is 11.3 Å². The molecule has 0 amide bonds. The van der Waals surface area contributed by atoms with E-state index in [1.165, 1.54) is 5.56 Å². The van der Waals surface area contributed by atoms with Gasteiger partial charge in [0.2, 0.25) is 0 Å². The van der Waals surface area contributed by atoms with Gasteiger partial charge in [-0.2, -0.15) is 0 Å². The number of hydrogen-bond donors (Lipinski definition) is 1. The predicted molar refractivity (Wildman–Crippen MR) is 68.3 cm³/mol. The second-order valence-electron chi connectivity index (χ2n) is 4.26. The Kier molecular flexibility index (Phi) is 2.65. The Hall–Kier alpha value is -1.83. The molecule has 1 heterocycles. The molecule has 0 bridgehead atoms. The average molecular weight is 212 g/mol. The van der Waals surface area contributed by atoms with Gasteiger partial charge < -0.3 is 5.73 Å². The molecule has 0 aliphatic heterocycles. The quantitative estimate of drug-likeness (QED) is 0.737. The van der Waals surface area contributed by atoms with Gasteiger partial charge in [-0.05, 0) is 44.0 Å². The fraction of sp³-hybridized carbons (Fsp3) is 0.214. The summed E-state index contributed by atoms with van der Waals surface area (Å²) in [6.07, 6.45) is 1.87. The molecule has 0 atom stereocenters. The number of nitrogen functional groups attached to an aromatic ring is 1. The Labute approximate surface area is 96.1 Å². The molecule has 82 valence electrons. The molecule has 0 unspecified atom stereocenters. The summed E-state index contributed by atoms with van der Waals surface area (Å²) >= 11 is 0. The monoisotopic (exact) mass is 212 g/mol. The maximum atomic E-state index is 6.08. The molecule has 1 aromatic carbocycles. The first kappa shape index (κ1) is 10.7. The fourth-order valence-corrected chi connectivity index (χ4v) is 1.82. The third-order valence-corrected chi connectivity index (χ3v) is 2.72. The number of pyridine rings is 1. The first-order valence-electron chi connectivity index (χ1n) is 5.37. The Bertz CT molecular complexity index is 513. The van der Waals surface area contributed by atoms with Crippen LogP contribution >= 0.6 is 0 Å². The van der Waals surface area contributed by atoms with Crippen molar-refractivity contribution in [3.05, 3.63) is 47.2 Å². The molecule has 2 aromatic rings. The zero-order valence-corrected chi connectivity index (χ0v) is 9.91. The highest BCUT2D eigenvalue weighted by molar-refractivity contribution is 5.76. The minimum Gasteiger partial charge on any atom is -0.398 e. The van der Waals surface area contributed by atoms with Crippen molar-refractivity contribution in [3.63, 3.8) is 0 Å². The predicted octanol–water partition coefficient (Wildman–Crippen LogP) is 3.26. The lowest BCUT2D eigenvalue weighted by Crippen LogP contribution is -1.96. The maximum absolute atomic E-state index is 6.08. The van der Waals surface area contributed by atoms with Gasteiger partial charge in [-0.25, -0.2) is 0 Å². The molecule has 1 aromatic heterocycles. The summed E-state index contributed by atoms with van der Waals surface area (Å²) in [5.41, 5.74) is 12.3. The van der Waals surface area contributed by atoms with Gasteiger partial charge in [0.05, 0.1) is 5.69 Å². The van der Waals surface area contributed by atoms with Gasteiger partial charge in [0.15, 0.2) is 0 Å². The minimum absolute atomic E-state index is 0.821. The van der Waals surface area contributed by atoms with Crippen molar-refractivity contribution >= 4 is 5.69 Å². The molecular formula is C14H16N2. The molecule has 0 spiro atoms. The molecule has 0 radical (unpaired) electrons. The fourth-order valence-electron chi connectivity index (χ4n) is 1.82. The highest BCUT2D eigenvalue weighted by Crippen LogP contribution is 2.28. The van der Waals surface area contributed by atoms with Crippen LogP contribution in [0.25, 0.3) is 11.3 Å². The maximum Gasteiger partial charge on any atom is 0.0723 e. The zero-order chi connectivity index (χ0) is 11.7. The van der Waals surface area contributed by atoms with E-state index >= 15 is 0 Å². The molecule has 2 rings (SSSR count). The average Bonchev–Trinajstić information content (AvgIpc) is 2.25. The number of aryl methyl sites for hydroxylation is 3. The van der Waals surface area contributed by atoms with Crippen LogP contribution in [0.3, 0.4) is 0 Å². The van der Waals surface area contributed by atoms with Gasteiger partial charge in [-0.1, -0.05) is 17.7 Å². The van der Waals surface area contributed by atoms with Gasteiger partial charge in [0.25, 0.3) is 0 Å². The van der Waals surface area contributed by atoms with E-state index in [0.29, 0.717) is 0 Å². The Morgan fingerprint density at radius 1 is 1.00 bits per heavy atom. The largest absolute Gasteiger partial charge is 0.398 e. The summed E-state index contributed by atoms with van der Waals surface area (Å²) < 4.78 is 0.